The van der Waals surface area contributed by atoms with Gasteiger partial charge in [-0.25, -0.2) is 23.1 Å². The Balaban J connectivity index is 1.76. The van der Waals surface area contributed by atoms with E-state index in [-0.39, 0.29) is 11.6 Å². The Morgan fingerprint density at radius 3 is 2.39 bits per heavy atom. The van der Waals surface area contributed by atoms with Crippen LogP contribution in [0.5, 0.6) is 0 Å². The van der Waals surface area contributed by atoms with Gasteiger partial charge in [0.2, 0.25) is 5.95 Å². The predicted octanol–water partition coefficient (Wildman–Crippen LogP) is 4.38. The second-order valence-electron chi connectivity index (χ2n) is 6.23. The number of hydrogen-bond acceptors (Lipinski definition) is 4. The molecule has 8 heteroatoms. The first-order chi connectivity index (χ1) is 13.3. The molecule has 0 bridgehead atoms. The molecule has 144 valence electrons. The SMILES string of the molecule is Cc1ccc(CNc2nc(C)cc(C(=O)Nc3ccc(F)c(F)c3F)n2)cc1. The van der Waals surface area contributed by atoms with Gasteiger partial charge in [-0.2, -0.15) is 0 Å². The van der Waals surface area contributed by atoms with Gasteiger partial charge < -0.3 is 10.6 Å². The highest BCUT2D eigenvalue weighted by atomic mass is 19.2. The van der Waals surface area contributed by atoms with Crippen LogP contribution in [0.15, 0.2) is 42.5 Å². The summed E-state index contributed by atoms with van der Waals surface area (Å²) in [5.41, 5.74) is 2.14. The van der Waals surface area contributed by atoms with Gasteiger partial charge in [0, 0.05) is 12.2 Å². The molecule has 3 aromatic rings. The average Bonchev–Trinajstić information content (AvgIpc) is 2.67. The fourth-order valence-electron chi connectivity index (χ4n) is 2.46. The summed E-state index contributed by atoms with van der Waals surface area (Å²) in [4.78, 5) is 20.7. The van der Waals surface area contributed by atoms with E-state index in [1.807, 2.05) is 31.2 Å². The summed E-state index contributed by atoms with van der Waals surface area (Å²) in [5.74, 6) is -5.02. The van der Waals surface area contributed by atoms with Crippen LogP contribution in [0, 0.1) is 31.3 Å². The zero-order chi connectivity index (χ0) is 20.3. The van der Waals surface area contributed by atoms with Gasteiger partial charge in [0.15, 0.2) is 17.5 Å². The number of aryl methyl sites for hydroxylation is 2. The van der Waals surface area contributed by atoms with E-state index in [2.05, 4.69) is 20.6 Å². The minimum Gasteiger partial charge on any atom is -0.350 e. The molecule has 0 atom stereocenters. The molecule has 1 heterocycles. The van der Waals surface area contributed by atoms with Crippen molar-refractivity contribution in [2.45, 2.75) is 20.4 Å². The Kier molecular flexibility index (Phi) is 5.58. The number of carbonyl (C=O) groups excluding carboxylic acids is 1. The molecule has 2 aromatic carbocycles. The molecule has 0 radical (unpaired) electrons. The van der Waals surface area contributed by atoms with Crippen molar-refractivity contribution in [3.63, 3.8) is 0 Å². The highest BCUT2D eigenvalue weighted by Gasteiger charge is 2.17. The molecule has 0 aliphatic rings. The van der Waals surface area contributed by atoms with Gasteiger partial charge in [-0.1, -0.05) is 29.8 Å². The molecule has 5 nitrogen and oxygen atoms in total. The van der Waals surface area contributed by atoms with Crippen LogP contribution in [0.4, 0.5) is 24.8 Å². The quantitative estimate of drug-likeness (QED) is 0.639. The number of halogens is 3. The molecule has 1 amide bonds. The molecule has 0 saturated heterocycles. The highest BCUT2D eigenvalue weighted by molar-refractivity contribution is 6.03. The summed E-state index contributed by atoms with van der Waals surface area (Å²) in [7, 11) is 0. The van der Waals surface area contributed by atoms with E-state index >= 15 is 0 Å². The van der Waals surface area contributed by atoms with Crippen LogP contribution in [0.1, 0.15) is 27.3 Å². The number of anilines is 2. The first-order valence-electron chi connectivity index (χ1n) is 8.43. The van der Waals surface area contributed by atoms with E-state index in [4.69, 9.17) is 0 Å². The summed E-state index contributed by atoms with van der Waals surface area (Å²) in [6.07, 6.45) is 0. The van der Waals surface area contributed by atoms with Crippen LogP contribution < -0.4 is 10.6 Å². The molecule has 0 spiro atoms. The number of nitrogens with one attached hydrogen (secondary N) is 2. The first kappa shape index (κ1) is 19.3. The van der Waals surface area contributed by atoms with E-state index in [9.17, 15) is 18.0 Å². The van der Waals surface area contributed by atoms with Crippen LogP contribution in [0.2, 0.25) is 0 Å². The molecule has 0 aliphatic heterocycles. The maximum Gasteiger partial charge on any atom is 0.274 e. The van der Waals surface area contributed by atoms with E-state index in [1.54, 1.807) is 6.92 Å². The van der Waals surface area contributed by atoms with Crippen LogP contribution in [-0.4, -0.2) is 15.9 Å². The fraction of sp³-hybridized carbons (Fsp3) is 0.150. The van der Waals surface area contributed by atoms with Gasteiger partial charge in [0.05, 0.1) is 5.69 Å². The zero-order valence-corrected chi connectivity index (χ0v) is 15.2. The Morgan fingerprint density at radius 1 is 0.964 bits per heavy atom. The fourth-order valence-corrected chi connectivity index (χ4v) is 2.46. The number of nitrogens with zero attached hydrogens (tertiary/aromatic N) is 2. The third kappa shape index (κ3) is 4.46. The zero-order valence-electron chi connectivity index (χ0n) is 15.2. The lowest BCUT2D eigenvalue weighted by Gasteiger charge is -2.10. The van der Waals surface area contributed by atoms with Gasteiger partial charge in [0.25, 0.3) is 5.91 Å². The van der Waals surface area contributed by atoms with Crippen LogP contribution in [0.25, 0.3) is 0 Å². The highest BCUT2D eigenvalue weighted by Crippen LogP contribution is 2.20. The smallest absolute Gasteiger partial charge is 0.274 e. The molecular formula is C20H17F3N4O. The number of hydrogen-bond donors (Lipinski definition) is 2. The van der Waals surface area contributed by atoms with Crippen LogP contribution in [-0.2, 0) is 6.54 Å². The minimum absolute atomic E-state index is 0.0389. The lowest BCUT2D eigenvalue weighted by atomic mass is 10.1. The number of rotatable bonds is 5. The largest absolute Gasteiger partial charge is 0.350 e. The molecule has 2 N–H and O–H groups in total. The molecule has 1 aromatic heterocycles. The van der Waals surface area contributed by atoms with Gasteiger partial charge >= 0.3 is 0 Å². The standard InChI is InChI=1S/C20H17F3N4O/c1-11-3-5-13(6-4-11)10-24-20-25-12(2)9-16(27-20)19(28)26-15-8-7-14(21)17(22)18(15)23/h3-9H,10H2,1-2H3,(H,26,28)(H,24,25,27). The lowest BCUT2D eigenvalue weighted by molar-refractivity contribution is 0.102. The maximum absolute atomic E-state index is 13.8. The Hall–Kier alpha value is -3.42. The average molecular weight is 386 g/mol. The Bertz CT molecular complexity index is 1020. The van der Waals surface area contributed by atoms with Crippen molar-refractivity contribution in [2.24, 2.45) is 0 Å². The third-order valence-corrected chi connectivity index (χ3v) is 3.94. The van der Waals surface area contributed by atoms with Gasteiger partial charge in [-0.3, -0.25) is 4.79 Å². The summed E-state index contributed by atoms with van der Waals surface area (Å²) in [6.45, 7) is 4.11. The number of benzene rings is 2. The first-order valence-corrected chi connectivity index (χ1v) is 8.43. The van der Waals surface area contributed by atoms with Crippen molar-refractivity contribution in [1.82, 2.24) is 9.97 Å². The summed E-state index contributed by atoms with van der Waals surface area (Å²) in [5, 5.41) is 5.21. The predicted molar refractivity (Wildman–Crippen MR) is 99.5 cm³/mol. The summed E-state index contributed by atoms with van der Waals surface area (Å²) >= 11 is 0. The van der Waals surface area contributed by atoms with Crippen molar-refractivity contribution in [1.29, 1.82) is 0 Å². The van der Waals surface area contributed by atoms with Crippen molar-refractivity contribution in [3.05, 3.63) is 82.4 Å². The Morgan fingerprint density at radius 2 is 1.68 bits per heavy atom. The topological polar surface area (TPSA) is 66.9 Å². The van der Waals surface area contributed by atoms with Crippen molar-refractivity contribution in [2.75, 3.05) is 10.6 Å². The minimum atomic E-state index is -1.66. The van der Waals surface area contributed by atoms with E-state index in [0.717, 1.165) is 23.3 Å². The normalized spacial score (nSPS) is 10.6. The monoisotopic (exact) mass is 386 g/mol. The molecule has 0 saturated carbocycles. The van der Waals surface area contributed by atoms with E-state index in [0.29, 0.717) is 12.2 Å². The van der Waals surface area contributed by atoms with Crippen LogP contribution >= 0.6 is 0 Å². The molecular weight excluding hydrogens is 369 g/mol. The molecule has 0 aliphatic carbocycles. The summed E-state index contributed by atoms with van der Waals surface area (Å²) < 4.78 is 40.1. The molecule has 28 heavy (non-hydrogen) atoms. The van der Waals surface area contributed by atoms with Crippen molar-refractivity contribution < 1.29 is 18.0 Å². The number of carbonyl (C=O) groups is 1. The number of amides is 1. The van der Waals surface area contributed by atoms with E-state index in [1.165, 1.54) is 6.07 Å². The van der Waals surface area contributed by atoms with Gasteiger partial charge in [0.1, 0.15) is 5.69 Å². The van der Waals surface area contributed by atoms with Crippen molar-refractivity contribution >= 4 is 17.5 Å². The third-order valence-electron chi connectivity index (χ3n) is 3.94. The van der Waals surface area contributed by atoms with Crippen LogP contribution in [0.3, 0.4) is 0 Å². The lowest BCUT2D eigenvalue weighted by Crippen LogP contribution is -2.17. The van der Waals surface area contributed by atoms with Gasteiger partial charge in [-0.15, -0.1) is 0 Å². The maximum atomic E-state index is 13.8. The van der Waals surface area contributed by atoms with Crippen molar-refractivity contribution in [3.8, 4) is 0 Å². The molecule has 0 fully saturated rings. The number of aromatic nitrogens is 2. The molecule has 3 rings (SSSR count). The summed E-state index contributed by atoms with van der Waals surface area (Å²) in [6, 6.07) is 10.9. The van der Waals surface area contributed by atoms with E-state index < -0.39 is 29.0 Å². The Labute approximate surface area is 159 Å². The second kappa shape index (κ2) is 8.08. The molecule has 0 unspecified atom stereocenters. The van der Waals surface area contributed by atoms with Gasteiger partial charge in [-0.05, 0) is 37.6 Å². The second-order valence-corrected chi connectivity index (χ2v) is 6.23.